The van der Waals surface area contributed by atoms with Crippen molar-refractivity contribution < 1.29 is 4.42 Å². The average Bonchev–Trinajstić information content (AvgIpc) is 3.79. The van der Waals surface area contributed by atoms with E-state index in [4.69, 9.17) is 4.42 Å². The minimum Gasteiger partial charge on any atom is -0.455 e. The van der Waals surface area contributed by atoms with Crippen LogP contribution < -0.4 is 10.6 Å². The van der Waals surface area contributed by atoms with Crippen molar-refractivity contribution in [2.75, 3.05) is 10.6 Å². The van der Waals surface area contributed by atoms with Gasteiger partial charge in [0, 0.05) is 41.7 Å². The number of benzene rings is 5. The number of anilines is 2. The zero-order chi connectivity index (χ0) is 27.8. The zero-order valence-electron chi connectivity index (χ0n) is 22.9. The summed E-state index contributed by atoms with van der Waals surface area (Å²) in [5.41, 5.74) is 7.90. The molecule has 0 saturated heterocycles. The number of thiophene rings is 1. The molecule has 0 fully saturated rings. The van der Waals surface area contributed by atoms with Gasteiger partial charge < -0.3 is 15.1 Å². The molecular weight excluding hydrogens is 547 g/mol. The molecule has 11 rings (SSSR count). The second kappa shape index (κ2) is 7.77. The summed E-state index contributed by atoms with van der Waals surface area (Å²) in [7, 11) is 0. The summed E-state index contributed by atoms with van der Waals surface area (Å²) >= 11 is 1.86. The van der Waals surface area contributed by atoms with Crippen LogP contribution in [0.2, 0.25) is 0 Å². The maximum absolute atomic E-state index is 6.59. The first-order chi connectivity index (χ1) is 21.3. The average molecular weight is 570 g/mol. The van der Waals surface area contributed by atoms with E-state index in [1.807, 2.05) is 17.4 Å². The predicted octanol–water partition coefficient (Wildman–Crippen LogP) is 10.2. The van der Waals surface area contributed by atoms with Crippen molar-refractivity contribution in [3.63, 3.8) is 0 Å². The van der Waals surface area contributed by atoms with Crippen molar-refractivity contribution in [2.24, 2.45) is 0 Å². The molecule has 2 aliphatic rings. The second-order valence-electron chi connectivity index (χ2n) is 11.8. The van der Waals surface area contributed by atoms with E-state index in [0.29, 0.717) is 0 Å². The van der Waals surface area contributed by atoms with Crippen molar-refractivity contribution in [3.8, 4) is 0 Å². The molecule has 2 N–H and O–H groups in total. The maximum Gasteiger partial charge on any atom is 0.147 e. The van der Waals surface area contributed by atoms with Crippen molar-refractivity contribution in [3.05, 3.63) is 121 Å². The number of aromatic nitrogens is 1. The van der Waals surface area contributed by atoms with Gasteiger partial charge in [-0.2, -0.15) is 0 Å². The van der Waals surface area contributed by atoms with E-state index in [2.05, 4.69) is 124 Å². The normalized spacial score (nSPS) is 18.2. The highest BCUT2D eigenvalue weighted by Gasteiger charge is 2.34. The summed E-state index contributed by atoms with van der Waals surface area (Å²) in [6, 6.07) is 35.3. The first kappa shape index (κ1) is 22.4. The maximum atomic E-state index is 6.59. The van der Waals surface area contributed by atoms with Gasteiger partial charge in [0.1, 0.15) is 17.0 Å². The highest BCUT2D eigenvalue weighted by atomic mass is 32.1. The topological polar surface area (TPSA) is 41.6 Å². The highest BCUT2D eigenvalue weighted by Crippen LogP contribution is 2.50. The van der Waals surface area contributed by atoms with Crippen LogP contribution in [0.15, 0.2) is 120 Å². The van der Waals surface area contributed by atoms with Crippen molar-refractivity contribution in [2.45, 2.75) is 12.1 Å². The van der Waals surface area contributed by atoms with Gasteiger partial charge in [0.05, 0.1) is 34.2 Å². The summed E-state index contributed by atoms with van der Waals surface area (Å²) in [6.45, 7) is 0. The molecular formula is C38H23N3OS. The van der Waals surface area contributed by atoms with E-state index in [0.717, 1.165) is 38.8 Å². The van der Waals surface area contributed by atoms with Crippen LogP contribution in [0.3, 0.4) is 0 Å². The first-order valence-corrected chi connectivity index (χ1v) is 15.6. The molecule has 1 aliphatic heterocycles. The van der Waals surface area contributed by atoms with E-state index >= 15 is 0 Å². The molecule has 2 unspecified atom stereocenters. The van der Waals surface area contributed by atoms with Gasteiger partial charge in [0.2, 0.25) is 0 Å². The number of hydrogen-bond donors (Lipinski definition) is 2. The summed E-state index contributed by atoms with van der Waals surface area (Å²) in [5, 5.41) is 16.6. The quantitative estimate of drug-likeness (QED) is 0.207. The summed E-state index contributed by atoms with van der Waals surface area (Å²) in [6.07, 6.45) is 6.98. The molecule has 4 nitrogen and oxygen atoms in total. The Morgan fingerprint density at radius 1 is 0.674 bits per heavy atom. The van der Waals surface area contributed by atoms with Crippen LogP contribution >= 0.6 is 11.3 Å². The molecule has 5 heteroatoms. The fourth-order valence-corrected chi connectivity index (χ4v) is 8.73. The number of hydrogen-bond acceptors (Lipinski definition) is 4. The molecule has 202 valence electrons. The van der Waals surface area contributed by atoms with Crippen LogP contribution in [-0.2, 0) is 0 Å². The Labute approximate surface area is 249 Å². The van der Waals surface area contributed by atoms with Gasteiger partial charge in [0.25, 0.3) is 0 Å². The number of nitrogens with one attached hydrogen (secondary N) is 2. The molecule has 0 spiro atoms. The zero-order valence-corrected chi connectivity index (χ0v) is 23.7. The predicted molar refractivity (Wildman–Crippen MR) is 182 cm³/mol. The lowest BCUT2D eigenvalue weighted by Crippen LogP contribution is -2.42. The number of furan rings is 1. The molecule has 4 aromatic heterocycles. The standard InChI is InChI=1S/C38H23N3OS/c1-4-10-30-22(7-1)26-19-27-23-8-2-5-11-31(23)42-37(27)34-35-38(41(30)36(26)34)40-29-18-21(13-15-28(29)39-35)20-14-16-33-25(17-20)24-9-3-6-12-32(24)43-33/h1-19,28-29,39-40H. The fourth-order valence-electron chi connectivity index (χ4n) is 7.65. The highest BCUT2D eigenvalue weighted by molar-refractivity contribution is 7.25. The Hall–Kier alpha value is -5.26. The molecule has 2 atom stereocenters. The molecule has 43 heavy (non-hydrogen) atoms. The van der Waals surface area contributed by atoms with Crippen molar-refractivity contribution >= 4 is 97.7 Å². The molecule has 0 saturated carbocycles. The molecule has 0 amide bonds. The molecule has 0 bridgehead atoms. The Bertz CT molecular complexity index is 2700. The molecule has 0 radical (unpaired) electrons. The summed E-state index contributed by atoms with van der Waals surface area (Å²) in [5.74, 6) is 1.10. The lowest BCUT2D eigenvalue weighted by Gasteiger charge is -2.34. The van der Waals surface area contributed by atoms with Crippen LogP contribution in [0.1, 0.15) is 5.56 Å². The van der Waals surface area contributed by atoms with Gasteiger partial charge in [-0.3, -0.25) is 4.40 Å². The van der Waals surface area contributed by atoms with Gasteiger partial charge in [-0.25, -0.2) is 0 Å². The van der Waals surface area contributed by atoms with E-state index in [9.17, 15) is 0 Å². The summed E-state index contributed by atoms with van der Waals surface area (Å²) in [4.78, 5) is 0. The number of fused-ring (bicyclic) bond motifs is 14. The van der Waals surface area contributed by atoms with Crippen LogP contribution in [0, 0.1) is 0 Å². The van der Waals surface area contributed by atoms with Crippen LogP contribution in [0.5, 0.6) is 0 Å². The fraction of sp³-hybridized carbons (Fsp3) is 0.0526. The van der Waals surface area contributed by atoms with Crippen LogP contribution in [0.4, 0.5) is 11.5 Å². The van der Waals surface area contributed by atoms with Gasteiger partial charge >= 0.3 is 0 Å². The van der Waals surface area contributed by atoms with E-state index in [1.165, 1.54) is 53.1 Å². The molecule has 1 aliphatic carbocycles. The van der Waals surface area contributed by atoms with Crippen molar-refractivity contribution in [1.82, 2.24) is 4.40 Å². The smallest absolute Gasteiger partial charge is 0.147 e. The Balaban J connectivity index is 1.12. The van der Waals surface area contributed by atoms with Gasteiger partial charge in [-0.1, -0.05) is 78.9 Å². The molecule has 9 aromatic rings. The minimum absolute atomic E-state index is 0.102. The number of allylic oxidation sites excluding steroid dienone is 2. The Kier molecular flexibility index (Phi) is 4.04. The van der Waals surface area contributed by atoms with E-state index in [1.54, 1.807) is 0 Å². The van der Waals surface area contributed by atoms with Gasteiger partial charge in [0.15, 0.2) is 0 Å². The van der Waals surface area contributed by atoms with E-state index < -0.39 is 0 Å². The minimum atomic E-state index is 0.102. The second-order valence-corrected chi connectivity index (χ2v) is 12.9. The summed E-state index contributed by atoms with van der Waals surface area (Å²) < 4.78 is 11.7. The van der Waals surface area contributed by atoms with Crippen molar-refractivity contribution in [1.29, 1.82) is 0 Å². The monoisotopic (exact) mass is 569 g/mol. The number of para-hydroxylation sites is 2. The third-order valence-corrected chi connectivity index (χ3v) is 10.7. The third kappa shape index (κ3) is 2.80. The molecule has 5 aromatic carbocycles. The first-order valence-electron chi connectivity index (χ1n) is 14.8. The third-order valence-electron chi connectivity index (χ3n) is 9.56. The van der Waals surface area contributed by atoms with Gasteiger partial charge in [-0.05, 0) is 47.5 Å². The largest absolute Gasteiger partial charge is 0.455 e. The van der Waals surface area contributed by atoms with Gasteiger partial charge in [-0.15, -0.1) is 11.3 Å². The van der Waals surface area contributed by atoms with E-state index in [-0.39, 0.29) is 12.1 Å². The number of nitrogens with zero attached hydrogens (tertiary/aromatic N) is 1. The lowest BCUT2D eigenvalue weighted by molar-refractivity contribution is 0.672. The number of rotatable bonds is 1. The van der Waals surface area contributed by atoms with Crippen LogP contribution in [0.25, 0.3) is 74.9 Å². The Morgan fingerprint density at radius 3 is 2.44 bits per heavy atom. The van der Waals surface area contributed by atoms with Crippen LogP contribution in [-0.4, -0.2) is 16.5 Å². The SMILES string of the molecule is C1=CC2Nc3c(n4c5ccccc5c5cc6c7ccccc7oc6c3c54)NC2C=C1c1ccc2sc3ccccc3c2c1. The molecule has 5 heterocycles. The lowest BCUT2D eigenvalue weighted by atomic mass is 9.91. The Morgan fingerprint density at radius 2 is 1.49 bits per heavy atom.